The van der Waals surface area contributed by atoms with Crippen molar-refractivity contribution in [3.8, 4) is 11.5 Å². The molecule has 0 spiro atoms. The van der Waals surface area contributed by atoms with Crippen LogP contribution in [0.15, 0.2) is 52.3 Å². The van der Waals surface area contributed by atoms with E-state index in [0.29, 0.717) is 5.75 Å². The Hall–Kier alpha value is -2.67. The summed E-state index contributed by atoms with van der Waals surface area (Å²) < 4.78 is 59.2. The van der Waals surface area contributed by atoms with E-state index in [1.54, 1.807) is 6.07 Å². The molecule has 0 aliphatic carbocycles. The van der Waals surface area contributed by atoms with Gasteiger partial charge in [0.25, 0.3) is 0 Å². The molecule has 2 rings (SSSR count). The fourth-order valence-electron chi connectivity index (χ4n) is 2.37. The standard InChI is InChI=1S/C17H21N3O7S2/c1-20(29(24,25)16-10-13(26-2)6-9-15(16)27-3)11-17(21)19-12-4-7-14(8-5-12)28(18,22)23/h4-10H,11H2,1-3H3,(H,19,21)(H2,18,22,23). The molecule has 0 atom stereocenters. The Bertz CT molecular complexity index is 1100. The van der Waals surface area contributed by atoms with Crippen LogP contribution in [-0.4, -0.2) is 54.9 Å². The zero-order valence-electron chi connectivity index (χ0n) is 15.9. The maximum atomic E-state index is 12.9. The molecule has 29 heavy (non-hydrogen) atoms. The van der Waals surface area contributed by atoms with E-state index in [-0.39, 0.29) is 21.2 Å². The quantitative estimate of drug-likeness (QED) is 0.608. The van der Waals surface area contributed by atoms with Crippen LogP contribution in [0.3, 0.4) is 0 Å². The number of amides is 1. The number of likely N-dealkylation sites (N-methyl/N-ethyl adjacent to an activating group) is 1. The Labute approximate surface area is 169 Å². The minimum absolute atomic E-state index is 0.108. The molecule has 0 saturated carbocycles. The molecule has 0 radical (unpaired) electrons. The third-order valence-corrected chi connectivity index (χ3v) is 6.65. The average Bonchev–Trinajstić information content (AvgIpc) is 2.66. The van der Waals surface area contributed by atoms with Crippen molar-refractivity contribution in [1.29, 1.82) is 0 Å². The molecular formula is C17H21N3O7S2. The van der Waals surface area contributed by atoms with Gasteiger partial charge in [0.05, 0.1) is 25.7 Å². The predicted octanol–water partition coefficient (Wildman–Crippen LogP) is 0.610. The number of carbonyl (C=O) groups excluding carboxylic acids is 1. The number of rotatable bonds is 8. The second kappa shape index (κ2) is 8.78. The second-order valence-electron chi connectivity index (χ2n) is 5.90. The number of ether oxygens (including phenoxy) is 2. The first kappa shape index (κ1) is 22.6. The molecule has 2 aromatic rings. The summed E-state index contributed by atoms with van der Waals surface area (Å²) >= 11 is 0. The molecule has 0 fully saturated rings. The summed E-state index contributed by atoms with van der Waals surface area (Å²) in [4.78, 5) is 12.0. The fourth-order valence-corrected chi connectivity index (χ4v) is 4.18. The van der Waals surface area contributed by atoms with Crippen molar-refractivity contribution in [1.82, 2.24) is 4.31 Å². The Morgan fingerprint density at radius 1 is 1.03 bits per heavy atom. The van der Waals surface area contributed by atoms with Crippen molar-refractivity contribution >= 4 is 31.6 Å². The highest BCUT2D eigenvalue weighted by molar-refractivity contribution is 7.89. The Kier molecular flexibility index (Phi) is 6.85. The number of hydrogen-bond acceptors (Lipinski definition) is 7. The zero-order valence-corrected chi connectivity index (χ0v) is 17.6. The van der Waals surface area contributed by atoms with Gasteiger partial charge in [-0.3, -0.25) is 4.79 Å². The third-order valence-electron chi connectivity index (χ3n) is 3.89. The monoisotopic (exact) mass is 443 g/mol. The van der Waals surface area contributed by atoms with E-state index in [9.17, 15) is 21.6 Å². The summed E-state index contributed by atoms with van der Waals surface area (Å²) in [5, 5.41) is 7.50. The van der Waals surface area contributed by atoms with Crippen LogP contribution in [0.2, 0.25) is 0 Å². The molecule has 3 N–H and O–H groups in total. The molecule has 2 aromatic carbocycles. The van der Waals surface area contributed by atoms with E-state index in [1.807, 2.05) is 0 Å². The van der Waals surface area contributed by atoms with Gasteiger partial charge < -0.3 is 14.8 Å². The highest BCUT2D eigenvalue weighted by atomic mass is 32.2. The molecule has 158 valence electrons. The first-order chi connectivity index (χ1) is 13.5. The molecule has 10 nitrogen and oxygen atoms in total. The average molecular weight is 444 g/mol. The number of benzene rings is 2. The van der Waals surface area contributed by atoms with E-state index >= 15 is 0 Å². The van der Waals surface area contributed by atoms with Crippen LogP contribution in [0.5, 0.6) is 11.5 Å². The summed E-state index contributed by atoms with van der Waals surface area (Å²) in [6.45, 7) is -0.486. The summed E-state index contributed by atoms with van der Waals surface area (Å²) in [5.74, 6) is -0.199. The molecule has 0 aliphatic heterocycles. The van der Waals surface area contributed by atoms with Crippen LogP contribution < -0.4 is 19.9 Å². The normalized spacial score (nSPS) is 11.9. The lowest BCUT2D eigenvalue weighted by Crippen LogP contribution is -2.35. The number of nitrogens with one attached hydrogen (secondary N) is 1. The molecule has 1 amide bonds. The lowest BCUT2D eigenvalue weighted by molar-refractivity contribution is -0.116. The first-order valence-corrected chi connectivity index (χ1v) is 11.1. The van der Waals surface area contributed by atoms with Crippen LogP contribution in [0.4, 0.5) is 5.69 Å². The van der Waals surface area contributed by atoms with Crippen molar-refractivity contribution in [2.24, 2.45) is 5.14 Å². The van der Waals surface area contributed by atoms with Gasteiger partial charge in [0, 0.05) is 18.8 Å². The second-order valence-corrected chi connectivity index (χ2v) is 9.47. The van der Waals surface area contributed by atoms with Gasteiger partial charge in [0.2, 0.25) is 26.0 Å². The summed E-state index contributed by atoms with van der Waals surface area (Å²) in [7, 11) is -3.93. The van der Waals surface area contributed by atoms with Gasteiger partial charge in [-0.15, -0.1) is 0 Å². The van der Waals surface area contributed by atoms with Gasteiger partial charge in [-0.05, 0) is 36.4 Å². The molecule has 0 aliphatic rings. The number of sulfonamides is 2. The third kappa shape index (κ3) is 5.44. The molecule has 0 unspecified atom stereocenters. The number of nitrogens with zero attached hydrogens (tertiary/aromatic N) is 1. The number of methoxy groups -OCH3 is 2. The summed E-state index contributed by atoms with van der Waals surface area (Å²) in [6.07, 6.45) is 0. The van der Waals surface area contributed by atoms with E-state index in [4.69, 9.17) is 14.6 Å². The molecule has 0 heterocycles. The van der Waals surface area contributed by atoms with Crippen LogP contribution in [0.1, 0.15) is 0 Å². The number of primary sulfonamides is 1. The van der Waals surface area contributed by atoms with Crippen LogP contribution in [-0.2, 0) is 24.8 Å². The SMILES string of the molecule is COc1ccc(OC)c(S(=O)(=O)N(C)CC(=O)Nc2ccc(S(N)(=O)=O)cc2)c1. The topological polar surface area (TPSA) is 145 Å². The molecule has 12 heteroatoms. The van der Waals surface area contributed by atoms with Gasteiger partial charge in [-0.2, -0.15) is 4.31 Å². The van der Waals surface area contributed by atoms with Crippen LogP contribution in [0.25, 0.3) is 0 Å². The molecule has 0 aromatic heterocycles. The van der Waals surface area contributed by atoms with Crippen LogP contribution in [0, 0.1) is 0 Å². The smallest absolute Gasteiger partial charge is 0.247 e. The highest BCUT2D eigenvalue weighted by Gasteiger charge is 2.27. The summed E-state index contributed by atoms with van der Waals surface area (Å²) in [6, 6.07) is 9.45. The maximum Gasteiger partial charge on any atom is 0.247 e. The van der Waals surface area contributed by atoms with Gasteiger partial charge in [0.15, 0.2) is 0 Å². The highest BCUT2D eigenvalue weighted by Crippen LogP contribution is 2.30. The fraction of sp³-hybridized carbons (Fsp3) is 0.235. The van der Waals surface area contributed by atoms with Crippen LogP contribution >= 0.6 is 0 Å². The van der Waals surface area contributed by atoms with E-state index in [1.165, 1.54) is 57.7 Å². The first-order valence-electron chi connectivity index (χ1n) is 8.10. The Balaban J connectivity index is 2.16. The van der Waals surface area contributed by atoms with Crippen molar-refractivity contribution in [3.63, 3.8) is 0 Å². The molecular weight excluding hydrogens is 422 g/mol. The van der Waals surface area contributed by atoms with Gasteiger partial charge in [0.1, 0.15) is 16.4 Å². The van der Waals surface area contributed by atoms with Gasteiger partial charge >= 0.3 is 0 Å². The molecule has 0 saturated heterocycles. The van der Waals surface area contributed by atoms with Gasteiger partial charge in [-0.25, -0.2) is 22.0 Å². The van der Waals surface area contributed by atoms with Crippen molar-refractivity contribution in [2.45, 2.75) is 9.79 Å². The lowest BCUT2D eigenvalue weighted by atomic mass is 10.3. The van der Waals surface area contributed by atoms with Crippen molar-refractivity contribution < 1.29 is 31.1 Å². The summed E-state index contributed by atoms with van der Waals surface area (Å²) in [5.41, 5.74) is 0.284. The van der Waals surface area contributed by atoms with Gasteiger partial charge in [-0.1, -0.05) is 0 Å². The number of carbonyl (C=O) groups is 1. The number of nitrogens with two attached hydrogens (primary N) is 1. The van der Waals surface area contributed by atoms with E-state index in [0.717, 1.165) is 4.31 Å². The van der Waals surface area contributed by atoms with Crippen molar-refractivity contribution in [3.05, 3.63) is 42.5 Å². The van der Waals surface area contributed by atoms with E-state index < -0.39 is 32.5 Å². The molecule has 0 bridgehead atoms. The lowest BCUT2D eigenvalue weighted by Gasteiger charge is -2.19. The number of anilines is 1. The zero-order chi connectivity index (χ0) is 21.8. The number of hydrogen-bond donors (Lipinski definition) is 2. The predicted molar refractivity (Wildman–Crippen MR) is 106 cm³/mol. The largest absolute Gasteiger partial charge is 0.497 e. The Morgan fingerprint density at radius 3 is 2.17 bits per heavy atom. The maximum absolute atomic E-state index is 12.9. The Morgan fingerprint density at radius 2 is 1.66 bits per heavy atom. The van der Waals surface area contributed by atoms with Crippen molar-refractivity contribution in [2.75, 3.05) is 33.1 Å². The van der Waals surface area contributed by atoms with E-state index in [2.05, 4.69) is 5.32 Å². The minimum atomic E-state index is -4.06. The minimum Gasteiger partial charge on any atom is -0.497 e.